The van der Waals surface area contributed by atoms with E-state index in [0.717, 1.165) is 12.8 Å². The van der Waals surface area contributed by atoms with Crippen molar-refractivity contribution in [3.8, 4) is 5.75 Å². The molecule has 1 amide bonds. The third-order valence-corrected chi connectivity index (χ3v) is 3.39. The van der Waals surface area contributed by atoms with E-state index in [2.05, 4.69) is 5.43 Å². The molecule has 0 radical (unpaired) electrons. The summed E-state index contributed by atoms with van der Waals surface area (Å²) in [6.45, 7) is 0.298. The Kier molecular flexibility index (Phi) is 4.27. The van der Waals surface area contributed by atoms with Gasteiger partial charge in [0.25, 0.3) is 0 Å². The molecule has 104 valence electrons. The van der Waals surface area contributed by atoms with Gasteiger partial charge in [-0.25, -0.2) is 9.82 Å². The Bertz CT molecular complexity index is 492. The number of methoxy groups -OCH3 is 1. The predicted molar refractivity (Wildman–Crippen MR) is 70.3 cm³/mol. The molecule has 0 atom stereocenters. The van der Waals surface area contributed by atoms with Crippen molar-refractivity contribution in [3.63, 3.8) is 0 Å². The standard InChI is InChI=1S/C13H16ClFN2O2/c1-17(13(18)8-3-4-8)16-7-9-5-6-10(14)11(15)12(9)19-2/h5-6,8,16H,3-4,7H2,1-2H3. The summed E-state index contributed by atoms with van der Waals surface area (Å²) in [6.07, 6.45) is 1.90. The zero-order valence-corrected chi connectivity index (χ0v) is 11.6. The minimum Gasteiger partial charge on any atom is -0.493 e. The normalized spacial score (nSPS) is 14.3. The van der Waals surface area contributed by atoms with Gasteiger partial charge >= 0.3 is 0 Å². The van der Waals surface area contributed by atoms with Crippen molar-refractivity contribution in [2.75, 3.05) is 14.2 Å². The van der Waals surface area contributed by atoms with Crippen LogP contribution < -0.4 is 10.2 Å². The third-order valence-electron chi connectivity index (χ3n) is 3.10. The molecule has 1 aliphatic carbocycles. The number of ether oxygens (including phenoxy) is 1. The van der Waals surface area contributed by atoms with Crippen LogP contribution in [-0.2, 0) is 11.3 Å². The maximum Gasteiger partial charge on any atom is 0.239 e. The Hall–Kier alpha value is -1.33. The van der Waals surface area contributed by atoms with Crippen LogP contribution in [0.3, 0.4) is 0 Å². The predicted octanol–water partition coefficient (Wildman–Crippen LogP) is 2.36. The highest BCUT2D eigenvalue weighted by atomic mass is 35.5. The molecule has 0 aliphatic heterocycles. The summed E-state index contributed by atoms with van der Waals surface area (Å²) in [5, 5.41) is 1.46. The van der Waals surface area contributed by atoms with Gasteiger partial charge in [-0.3, -0.25) is 9.80 Å². The Balaban J connectivity index is 2.02. The summed E-state index contributed by atoms with van der Waals surface area (Å²) in [6, 6.07) is 3.14. The maximum absolute atomic E-state index is 13.7. The SMILES string of the molecule is COc1c(CNN(C)C(=O)C2CC2)ccc(Cl)c1F. The second-order valence-electron chi connectivity index (χ2n) is 4.56. The Labute approximate surface area is 116 Å². The lowest BCUT2D eigenvalue weighted by Gasteiger charge is -2.19. The number of rotatable bonds is 5. The van der Waals surface area contributed by atoms with Crippen LogP contribution in [0.2, 0.25) is 5.02 Å². The van der Waals surface area contributed by atoms with E-state index in [9.17, 15) is 9.18 Å². The smallest absolute Gasteiger partial charge is 0.239 e. The van der Waals surface area contributed by atoms with Gasteiger partial charge in [0, 0.05) is 25.1 Å². The second kappa shape index (κ2) is 5.75. The van der Waals surface area contributed by atoms with Gasteiger partial charge in [0.1, 0.15) is 0 Å². The van der Waals surface area contributed by atoms with Crippen LogP contribution in [0.25, 0.3) is 0 Å². The monoisotopic (exact) mass is 286 g/mol. The average molecular weight is 287 g/mol. The molecule has 0 bridgehead atoms. The van der Waals surface area contributed by atoms with Crippen LogP contribution >= 0.6 is 11.6 Å². The van der Waals surface area contributed by atoms with E-state index in [-0.39, 0.29) is 22.6 Å². The molecule has 1 aromatic rings. The van der Waals surface area contributed by atoms with Crippen molar-refractivity contribution in [3.05, 3.63) is 28.5 Å². The molecule has 1 N–H and O–H groups in total. The molecular formula is C13H16ClFN2O2. The van der Waals surface area contributed by atoms with E-state index in [1.807, 2.05) is 0 Å². The molecule has 2 rings (SSSR count). The summed E-state index contributed by atoms with van der Waals surface area (Å²) < 4.78 is 18.7. The first-order valence-electron chi connectivity index (χ1n) is 6.06. The quantitative estimate of drug-likeness (QED) is 0.845. The third kappa shape index (κ3) is 3.16. The Morgan fingerprint density at radius 1 is 1.58 bits per heavy atom. The summed E-state index contributed by atoms with van der Waals surface area (Å²) in [4.78, 5) is 11.7. The van der Waals surface area contributed by atoms with Crippen molar-refractivity contribution < 1.29 is 13.9 Å². The molecule has 1 aliphatic rings. The molecule has 0 heterocycles. The molecular weight excluding hydrogens is 271 g/mol. The van der Waals surface area contributed by atoms with Gasteiger partial charge in [-0.2, -0.15) is 0 Å². The molecule has 1 aromatic carbocycles. The fourth-order valence-electron chi connectivity index (χ4n) is 1.82. The lowest BCUT2D eigenvalue weighted by atomic mass is 10.2. The Morgan fingerprint density at radius 2 is 2.26 bits per heavy atom. The van der Waals surface area contributed by atoms with Crippen molar-refractivity contribution in [2.45, 2.75) is 19.4 Å². The molecule has 4 nitrogen and oxygen atoms in total. The number of hydrogen-bond acceptors (Lipinski definition) is 3. The van der Waals surface area contributed by atoms with Crippen molar-refractivity contribution >= 4 is 17.5 Å². The number of nitrogens with one attached hydrogen (secondary N) is 1. The Morgan fingerprint density at radius 3 is 2.84 bits per heavy atom. The fraction of sp³-hybridized carbons (Fsp3) is 0.462. The van der Waals surface area contributed by atoms with Crippen molar-refractivity contribution in [2.24, 2.45) is 5.92 Å². The van der Waals surface area contributed by atoms with Crippen LogP contribution in [0.15, 0.2) is 12.1 Å². The van der Waals surface area contributed by atoms with Gasteiger partial charge in [-0.15, -0.1) is 0 Å². The van der Waals surface area contributed by atoms with Crippen LogP contribution in [0.1, 0.15) is 18.4 Å². The zero-order chi connectivity index (χ0) is 14.0. The van der Waals surface area contributed by atoms with Crippen LogP contribution in [0.4, 0.5) is 4.39 Å². The molecule has 19 heavy (non-hydrogen) atoms. The highest BCUT2D eigenvalue weighted by molar-refractivity contribution is 6.30. The summed E-state index contributed by atoms with van der Waals surface area (Å²) in [5.41, 5.74) is 3.55. The van der Waals surface area contributed by atoms with Crippen LogP contribution in [0.5, 0.6) is 5.75 Å². The second-order valence-corrected chi connectivity index (χ2v) is 4.97. The largest absolute Gasteiger partial charge is 0.493 e. The fourth-order valence-corrected chi connectivity index (χ4v) is 1.97. The molecule has 0 aromatic heterocycles. The van der Waals surface area contributed by atoms with E-state index in [4.69, 9.17) is 16.3 Å². The first-order chi connectivity index (χ1) is 9.04. The van der Waals surface area contributed by atoms with Gasteiger partial charge in [-0.05, 0) is 18.9 Å². The van der Waals surface area contributed by atoms with Gasteiger partial charge < -0.3 is 4.74 Å². The van der Waals surface area contributed by atoms with Crippen LogP contribution in [-0.4, -0.2) is 25.1 Å². The van der Waals surface area contributed by atoms with E-state index in [0.29, 0.717) is 12.1 Å². The molecule has 0 spiro atoms. The highest BCUT2D eigenvalue weighted by Crippen LogP contribution is 2.31. The average Bonchev–Trinajstić information content (AvgIpc) is 3.23. The number of hydrazine groups is 1. The lowest BCUT2D eigenvalue weighted by molar-refractivity contribution is -0.134. The van der Waals surface area contributed by atoms with Crippen molar-refractivity contribution in [1.82, 2.24) is 10.4 Å². The van der Waals surface area contributed by atoms with E-state index in [1.165, 1.54) is 18.2 Å². The number of halogens is 2. The number of benzene rings is 1. The first-order valence-corrected chi connectivity index (χ1v) is 6.44. The van der Waals surface area contributed by atoms with E-state index >= 15 is 0 Å². The molecule has 0 saturated heterocycles. The van der Waals surface area contributed by atoms with Crippen molar-refractivity contribution in [1.29, 1.82) is 0 Å². The topological polar surface area (TPSA) is 41.6 Å². The van der Waals surface area contributed by atoms with Gasteiger partial charge in [0.15, 0.2) is 11.6 Å². The first kappa shape index (κ1) is 14.1. The molecule has 6 heteroatoms. The number of nitrogens with zero attached hydrogens (tertiary/aromatic N) is 1. The summed E-state index contributed by atoms with van der Waals surface area (Å²) in [5.74, 6) is -0.276. The van der Waals surface area contributed by atoms with Crippen LogP contribution in [0, 0.1) is 11.7 Å². The van der Waals surface area contributed by atoms with Gasteiger partial charge in [0.2, 0.25) is 5.91 Å². The minimum atomic E-state index is -0.584. The molecule has 1 fully saturated rings. The van der Waals surface area contributed by atoms with Gasteiger partial charge in [-0.1, -0.05) is 17.7 Å². The zero-order valence-electron chi connectivity index (χ0n) is 10.9. The summed E-state index contributed by atoms with van der Waals surface area (Å²) in [7, 11) is 3.05. The number of amides is 1. The maximum atomic E-state index is 13.7. The summed E-state index contributed by atoms with van der Waals surface area (Å²) >= 11 is 5.69. The van der Waals surface area contributed by atoms with Gasteiger partial charge in [0.05, 0.1) is 12.1 Å². The number of hydrogen-bond donors (Lipinski definition) is 1. The number of carbonyl (C=O) groups is 1. The van der Waals surface area contributed by atoms with E-state index in [1.54, 1.807) is 13.1 Å². The van der Waals surface area contributed by atoms with E-state index < -0.39 is 5.82 Å². The highest BCUT2D eigenvalue weighted by Gasteiger charge is 2.32. The lowest BCUT2D eigenvalue weighted by Crippen LogP contribution is -2.40. The minimum absolute atomic E-state index is 0.0167. The molecule has 0 unspecified atom stereocenters. The number of carbonyl (C=O) groups excluding carboxylic acids is 1. The molecule has 1 saturated carbocycles.